The Labute approximate surface area is 119 Å². The molecular formula is C11H13Br2NO3. The topological polar surface area (TPSA) is 56.3 Å². The van der Waals surface area contributed by atoms with Gasteiger partial charge in [0.2, 0.25) is 5.78 Å². The highest BCUT2D eigenvalue weighted by molar-refractivity contribution is 9.10. The van der Waals surface area contributed by atoms with Crippen LogP contribution in [0, 0.1) is 6.92 Å². The van der Waals surface area contributed by atoms with Crippen LogP contribution in [0.15, 0.2) is 18.3 Å². The number of ketones is 1. The van der Waals surface area contributed by atoms with Gasteiger partial charge in [0, 0.05) is 6.20 Å². The molecule has 0 aliphatic carbocycles. The second-order valence-corrected chi connectivity index (χ2v) is 4.11. The summed E-state index contributed by atoms with van der Waals surface area (Å²) in [5.41, 5.74) is 1.18. The van der Waals surface area contributed by atoms with Crippen molar-refractivity contribution in [2.75, 3.05) is 6.61 Å². The Bertz CT molecular complexity index is 409. The van der Waals surface area contributed by atoms with Crippen LogP contribution >= 0.6 is 32.9 Å². The average Bonchev–Trinajstić information content (AvgIpc) is 2.27. The number of pyridine rings is 1. The summed E-state index contributed by atoms with van der Waals surface area (Å²) in [6.45, 7) is 3.79. The lowest BCUT2D eigenvalue weighted by Gasteiger charge is -2.07. The predicted octanol–water partition coefficient (Wildman–Crippen LogP) is 2.48. The summed E-state index contributed by atoms with van der Waals surface area (Å²) in [5.74, 6) is -0.974. The molecule has 1 aromatic rings. The number of Topliss-reactive ketones (excluding diaryl/α,β-unsaturated/α-hetero) is 1. The van der Waals surface area contributed by atoms with E-state index in [0.29, 0.717) is 0 Å². The van der Waals surface area contributed by atoms with Crippen molar-refractivity contribution in [3.05, 3.63) is 29.6 Å². The average molecular weight is 367 g/mol. The van der Waals surface area contributed by atoms with E-state index in [1.54, 1.807) is 19.1 Å². The monoisotopic (exact) mass is 365 g/mol. The third kappa shape index (κ3) is 4.55. The number of aryl methyl sites for hydroxylation is 1. The molecule has 1 aromatic heterocycles. The maximum Gasteiger partial charge on any atom is 0.327 e. The first-order valence-electron chi connectivity index (χ1n) is 4.83. The van der Waals surface area contributed by atoms with E-state index in [9.17, 15) is 9.59 Å². The smallest absolute Gasteiger partial charge is 0.327 e. The van der Waals surface area contributed by atoms with Crippen molar-refractivity contribution in [3.8, 4) is 0 Å². The quantitative estimate of drug-likeness (QED) is 0.355. The summed E-state index contributed by atoms with van der Waals surface area (Å²) < 4.78 is 4.74. The van der Waals surface area contributed by atoms with Gasteiger partial charge < -0.3 is 4.74 Å². The molecule has 0 fully saturated rings. The van der Waals surface area contributed by atoms with Crippen molar-refractivity contribution in [1.29, 1.82) is 0 Å². The Morgan fingerprint density at radius 3 is 2.71 bits per heavy atom. The van der Waals surface area contributed by atoms with E-state index in [2.05, 4.69) is 20.9 Å². The fourth-order valence-electron chi connectivity index (χ4n) is 1.12. The Kier molecular flexibility index (Phi) is 7.22. The summed E-state index contributed by atoms with van der Waals surface area (Å²) in [7, 11) is 0. The number of hydrogen-bond acceptors (Lipinski definition) is 4. The Morgan fingerprint density at radius 2 is 2.18 bits per heavy atom. The lowest BCUT2D eigenvalue weighted by atomic mass is 10.1. The fraction of sp³-hybridized carbons (Fsp3) is 0.364. The molecule has 0 saturated heterocycles. The van der Waals surface area contributed by atoms with Gasteiger partial charge >= 0.3 is 5.97 Å². The molecule has 17 heavy (non-hydrogen) atoms. The van der Waals surface area contributed by atoms with Crippen LogP contribution in [0.2, 0.25) is 0 Å². The number of carbonyl (C=O) groups is 2. The minimum Gasteiger partial charge on any atom is -0.465 e. The summed E-state index contributed by atoms with van der Waals surface area (Å²) in [4.78, 5) is 26.1. The number of halogens is 2. The van der Waals surface area contributed by atoms with Gasteiger partial charge in [0.25, 0.3) is 0 Å². The van der Waals surface area contributed by atoms with Crippen LogP contribution < -0.4 is 0 Å². The molecule has 0 spiro atoms. The zero-order valence-corrected chi connectivity index (χ0v) is 12.8. The molecule has 1 unspecified atom stereocenters. The Hall–Kier alpha value is -0.750. The molecule has 1 rings (SSSR count). The summed E-state index contributed by atoms with van der Waals surface area (Å²) in [6, 6.07) is 3.42. The van der Waals surface area contributed by atoms with Gasteiger partial charge in [0.1, 0.15) is 5.69 Å². The molecule has 0 saturated carbocycles. The van der Waals surface area contributed by atoms with E-state index in [1.165, 1.54) is 6.20 Å². The van der Waals surface area contributed by atoms with Crippen molar-refractivity contribution < 1.29 is 14.3 Å². The van der Waals surface area contributed by atoms with Gasteiger partial charge in [0.05, 0.1) is 6.61 Å². The molecule has 6 heteroatoms. The van der Waals surface area contributed by atoms with Crippen LogP contribution in [-0.4, -0.2) is 28.2 Å². The number of rotatable bonds is 4. The van der Waals surface area contributed by atoms with E-state index < -0.39 is 10.8 Å². The standard InChI is InChI=1S/C11H12BrNO3.BrH/c1-3-16-11(15)9(12)10(14)8-6-7(2)4-5-13-8;/h4-6,9H,3H2,1-2H3;1H. The molecule has 0 bridgehead atoms. The lowest BCUT2D eigenvalue weighted by molar-refractivity contribution is -0.141. The van der Waals surface area contributed by atoms with Gasteiger partial charge in [-0.05, 0) is 31.5 Å². The second-order valence-electron chi connectivity index (χ2n) is 3.20. The molecule has 0 radical (unpaired) electrons. The zero-order valence-electron chi connectivity index (χ0n) is 9.47. The van der Waals surface area contributed by atoms with Gasteiger partial charge in [-0.15, -0.1) is 17.0 Å². The number of hydrogen-bond donors (Lipinski definition) is 0. The van der Waals surface area contributed by atoms with Gasteiger partial charge in [0.15, 0.2) is 4.83 Å². The minimum absolute atomic E-state index is 0. The van der Waals surface area contributed by atoms with Crippen LogP contribution in [0.5, 0.6) is 0 Å². The van der Waals surface area contributed by atoms with E-state index in [1.807, 2.05) is 6.92 Å². The lowest BCUT2D eigenvalue weighted by Crippen LogP contribution is -2.27. The van der Waals surface area contributed by atoms with E-state index >= 15 is 0 Å². The zero-order chi connectivity index (χ0) is 12.1. The molecule has 0 aliphatic heterocycles. The number of carbonyl (C=O) groups excluding carboxylic acids is 2. The van der Waals surface area contributed by atoms with Gasteiger partial charge in [-0.3, -0.25) is 14.6 Å². The van der Waals surface area contributed by atoms with Crippen LogP contribution in [-0.2, 0) is 9.53 Å². The molecule has 1 heterocycles. The Morgan fingerprint density at radius 1 is 1.53 bits per heavy atom. The van der Waals surface area contributed by atoms with Gasteiger partial charge in [-0.2, -0.15) is 0 Å². The van der Waals surface area contributed by atoms with Crippen molar-refractivity contribution in [2.45, 2.75) is 18.7 Å². The third-order valence-corrected chi connectivity index (χ3v) is 2.68. The number of esters is 1. The molecule has 0 N–H and O–H groups in total. The summed E-state index contributed by atoms with van der Waals surface area (Å²) >= 11 is 3.01. The first kappa shape index (κ1) is 16.2. The molecule has 1 atom stereocenters. The van der Waals surface area contributed by atoms with Crippen LogP contribution in [0.3, 0.4) is 0 Å². The van der Waals surface area contributed by atoms with E-state index in [-0.39, 0.29) is 35.1 Å². The number of aromatic nitrogens is 1. The molecule has 0 amide bonds. The summed E-state index contributed by atoms with van der Waals surface area (Å²) in [5, 5.41) is 0. The SMILES string of the molecule is Br.CCOC(=O)C(Br)C(=O)c1cc(C)ccn1. The molecule has 4 nitrogen and oxygen atoms in total. The van der Waals surface area contributed by atoms with E-state index in [0.717, 1.165) is 5.56 Å². The van der Waals surface area contributed by atoms with Gasteiger partial charge in [-0.1, -0.05) is 15.9 Å². The summed E-state index contributed by atoms with van der Waals surface area (Å²) in [6.07, 6.45) is 1.54. The third-order valence-electron chi connectivity index (χ3n) is 1.89. The highest BCUT2D eigenvalue weighted by Gasteiger charge is 2.26. The molecular weight excluding hydrogens is 354 g/mol. The number of nitrogens with zero attached hydrogens (tertiary/aromatic N) is 1. The van der Waals surface area contributed by atoms with Crippen molar-refractivity contribution in [1.82, 2.24) is 4.98 Å². The highest BCUT2D eigenvalue weighted by atomic mass is 79.9. The normalized spacial score (nSPS) is 11.2. The van der Waals surface area contributed by atoms with Crippen molar-refractivity contribution >= 4 is 44.7 Å². The van der Waals surface area contributed by atoms with Crippen molar-refractivity contribution in [2.24, 2.45) is 0 Å². The first-order chi connectivity index (χ1) is 7.56. The van der Waals surface area contributed by atoms with E-state index in [4.69, 9.17) is 4.74 Å². The molecule has 94 valence electrons. The number of alkyl halides is 1. The predicted molar refractivity (Wildman–Crippen MR) is 73.0 cm³/mol. The maximum atomic E-state index is 11.8. The second kappa shape index (κ2) is 7.55. The van der Waals surface area contributed by atoms with Crippen LogP contribution in [0.4, 0.5) is 0 Å². The van der Waals surface area contributed by atoms with Crippen LogP contribution in [0.1, 0.15) is 23.0 Å². The maximum absolute atomic E-state index is 11.8. The fourth-order valence-corrected chi connectivity index (χ4v) is 1.49. The van der Waals surface area contributed by atoms with Crippen molar-refractivity contribution in [3.63, 3.8) is 0 Å². The van der Waals surface area contributed by atoms with Crippen LogP contribution in [0.25, 0.3) is 0 Å². The van der Waals surface area contributed by atoms with Gasteiger partial charge in [-0.25, -0.2) is 0 Å². The largest absolute Gasteiger partial charge is 0.465 e. The minimum atomic E-state index is -0.984. The number of ether oxygens (including phenoxy) is 1. The first-order valence-corrected chi connectivity index (χ1v) is 5.75. The molecule has 0 aromatic carbocycles. The highest BCUT2D eigenvalue weighted by Crippen LogP contribution is 2.11. The Balaban J connectivity index is 0.00000256. The molecule has 0 aliphatic rings.